The number of anilines is 1. The van der Waals surface area contributed by atoms with Gasteiger partial charge in [-0.15, -0.1) is 0 Å². The molecule has 0 aliphatic carbocycles. The van der Waals surface area contributed by atoms with Crippen molar-refractivity contribution in [1.29, 1.82) is 0 Å². The molecule has 0 saturated carbocycles. The van der Waals surface area contributed by atoms with Gasteiger partial charge in [0.25, 0.3) is 0 Å². The van der Waals surface area contributed by atoms with Crippen LogP contribution in [0.25, 0.3) is 0 Å². The van der Waals surface area contributed by atoms with Crippen molar-refractivity contribution in [2.45, 2.75) is 6.42 Å². The van der Waals surface area contributed by atoms with Gasteiger partial charge in [0, 0.05) is 6.54 Å². The highest BCUT2D eigenvalue weighted by Gasteiger charge is 2.11. The lowest BCUT2D eigenvalue weighted by atomic mass is 10.3. The van der Waals surface area contributed by atoms with Crippen LogP contribution in [0.1, 0.15) is 6.42 Å². The molecule has 5 nitrogen and oxygen atoms in total. The SMILES string of the molecule is COC(=O)CCN(C)CC(=O)Nc1cccc(Cl)c1Cl. The van der Waals surface area contributed by atoms with Crippen LogP contribution in [0.5, 0.6) is 0 Å². The highest BCUT2D eigenvalue weighted by Crippen LogP contribution is 2.29. The van der Waals surface area contributed by atoms with Crippen LogP contribution >= 0.6 is 23.2 Å². The zero-order chi connectivity index (χ0) is 15.1. The van der Waals surface area contributed by atoms with E-state index in [1.54, 1.807) is 30.1 Å². The summed E-state index contributed by atoms with van der Waals surface area (Å²) < 4.78 is 4.53. The van der Waals surface area contributed by atoms with Crippen LogP contribution in [0.4, 0.5) is 5.69 Å². The van der Waals surface area contributed by atoms with Gasteiger partial charge in [-0.1, -0.05) is 29.3 Å². The Kier molecular flexibility index (Phi) is 6.78. The van der Waals surface area contributed by atoms with E-state index in [2.05, 4.69) is 10.1 Å². The largest absolute Gasteiger partial charge is 0.469 e. The molecular weight excluding hydrogens is 303 g/mol. The number of rotatable bonds is 6. The maximum Gasteiger partial charge on any atom is 0.306 e. The number of hydrogen-bond acceptors (Lipinski definition) is 4. The van der Waals surface area contributed by atoms with E-state index in [9.17, 15) is 9.59 Å². The molecule has 0 atom stereocenters. The van der Waals surface area contributed by atoms with Gasteiger partial charge in [-0.25, -0.2) is 0 Å². The first kappa shape index (κ1) is 16.8. The summed E-state index contributed by atoms with van der Waals surface area (Å²) in [5.41, 5.74) is 0.463. The quantitative estimate of drug-likeness (QED) is 0.818. The Morgan fingerprint density at radius 2 is 2.05 bits per heavy atom. The van der Waals surface area contributed by atoms with Crippen LogP contribution in [0.2, 0.25) is 10.0 Å². The van der Waals surface area contributed by atoms with Gasteiger partial charge in [-0.2, -0.15) is 0 Å². The molecule has 0 saturated heterocycles. The van der Waals surface area contributed by atoms with Crippen molar-refractivity contribution in [3.8, 4) is 0 Å². The number of methoxy groups -OCH3 is 1. The molecule has 1 amide bonds. The standard InChI is InChI=1S/C13H16Cl2N2O3/c1-17(7-6-12(19)20-2)8-11(18)16-10-5-3-4-9(14)13(10)15/h3-5H,6-8H2,1-2H3,(H,16,18). The number of nitrogens with one attached hydrogen (secondary N) is 1. The highest BCUT2D eigenvalue weighted by atomic mass is 35.5. The number of hydrogen-bond donors (Lipinski definition) is 1. The van der Waals surface area contributed by atoms with Crippen molar-refractivity contribution in [3.63, 3.8) is 0 Å². The lowest BCUT2D eigenvalue weighted by molar-refractivity contribution is -0.141. The molecule has 0 aromatic heterocycles. The molecule has 0 unspecified atom stereocenters. The molecule has 0 spiro atoms. The predicted octanol–water partition coefficient (Wildman–Crippen LogP) is 2.43. The fourth-order valence-corrected chi connectivity index (χ4v) is 1.85. The monoisotopic (exact) mass is 318 g/mol. The number of carbonyl (C=O) groups is 2. The van der Waals surface area contributed by atoms with Crippen LogP contribution in [0, 0.1) is 0 Å². The molecule has 110 valence electrons. The summed E-state index contributed by atoms with van der Waals surface area (Å²) in [7, 11) is 3.07. The predicted molar refractivity (Wildman–Crippen MR) is 79.2 cm³/mol. The van der Waals surface area contributed by atoms with Crippen molar-refractivity contribution < 1.29 is 14.3 Å². The van der Waals surface area contributed by atoms with Crippen LogP contribution in [-0.4, -0.2) is 44.0 Å². The second kappa shape index (κ2) is 8.09. The Morgan fingerprint density at radius 1 is 1.35 bits per heavy atom. The van der Waals surface area contributed by atoms with E-state index < -0.39 is 0 Å². The van der Waals surface area contributed by atoms with Gasteiger partial charge >= 0.3 is 5.97 Å². The molecule has 0 aliphatic heterocycles. The topological polar surface area (TPSA) is 58.6 Å². The van der Waals surface area contributed by atoms with Crippen LogP contribution in [0.3, 0.4) is 0 Å². The number of esters is 1. The van der Waals surface area contributed by atoms with Crippen molar-refractivity contribution in [2.24, 2.45) is 0 Å². The van der Waals surface area contributed by atoms with E-state index in [-0.39, 0.29) is 24.8 Å². The third kappa shape index (κ3) is 5.36. The fourth-order valence-electron chi connectivity index (χ4n) is 1.50. The zero-order valence-corrected chi connectivity index (χ0v) is 12.8. The molecule has 1 rings (SSSR count). The van der Waals surface area contributed by atoms with Gasteiger partial charge in [0.2, 0.25) is 5.91 Å². The van der Waals surface area contributed by atoms with Gasteiger partial charge < -0.3 is 10.1 Å². The van der Waals surface area contributed by atoms with Crippen LogP contribution in [0.15, 0.2) is 18.2 Å². The second-order valence-electron chi connectivity index (χ2n) is 4.21. The molecule has 0 aliphatic rings. The summed E-state index contributed by atoms with van der Waals surface area (Å²) in [4.78, 5) is 24.5. The van der Waals surface area contributed by atoms with E-state index in [1.807, 2.05) is 0 Å². The minimum absolute atomic E-state index is 0.139. The van der Waals surface area contributed by atoms with E-state index in [0.29, 0.717) is 22.3 Å². The normalized spacial score (nSPS) is 10.4. The first-order valence-electron chi connectivity index (χ1n) is 5.93. The molecular formula is C13H16Cl2N2O3. The van der Waals surface area contributed by atoms with Gasteiger partial charge in [-0.05, 0) is 19.2 Å². The number of likely N-dealkylation sites (N-methyl/N-ethyl adjacent to an activating group) is 1. The van der Waals surface area contributed by atoms with Crippen LogP contribution in [-0.2, 0) is 14.3 Å². The Balaban J connectivity index is 2.47. The minimum Gasteiger partial charge on any atom is -0.469 e. The van der Waals surface area contributed by atoms with Gasteiger partial charge in [0.05, 0.1) is 35.8 Å². The first-order valence-corrected chi connectivity index (χ1v) is 6.69. The molecule has 7 heteroatoms. The lowest BCUT2D eigenvalue weighted by Gasteiger charge is -2.16. The summed E-state index contributed by atoms with van der Waals surface area (Å²) in [5, 5.41) is 3.35. The number of ether oxygens (including phenoxy) is 1. The maximum atomic E-state index is 11.8. The van der Waals surface area contributed by atoms with Crippen molar-refractivity contribution in [2.75, 3.05) is 32.6 Å². The van der Waals surface area contributed by atoms with Gasteiger partial charge in [0.15, 0.2) is 0 Å². The molecule has 1 N–H and O–H groups in total. The number of benzene rings is 1. The van der Waals surface area contributed by atoms with Gasteiger partial charge in [-0.3, -0.25) is 14.5 Å². The number of halogens is 2. The Hall–Kier alpha value is -1.30. The molecule has 1 aromatic rings. The summed E-state index contributed by atoms with van der Waals surface area (Å²) in [6.45, 7) is 0.573. The van der Waals surface area contributed by atoms with E-state index in [4.69, 9.17) is 23.2 Å². The maximum absolute atomic E-state index is 11.8. The summed E-state index contributed by atoms with van der Waals surface area (Å²) in [6, 6.07) is 5.01. The smallest absolute Gasteiger partial charge is 0.306 e. The minimum atomic E-state index is -0.310. The average Bonchev–Trinajstić information content (AvgIpc) is 2.41. The Bertz CT molecular complexity index is 495. The third-order valence-electron chi connectivity index (χ3n) is 2.56. The summed E-state index contributed by atoms with van der Waals surface area (Å²) in [5.74, 6) is -0.545. The molecule has 0 radical (unpaired) electrons. The molecule has 0 fully saturated rings. The summed E-state index contributed by atoms with van der Waals surface area (Å²) >= 11 is 11.8. The molecule has 0 bridgehead atoms. The molecule has 1 aromatic carbocycles. The van der Waals surface area contributed by atoms with Crippen molar-refractivity contribution >= 4 is 40.8 Å². The Morgan fingerprint density at radius 3 is 2.70 bits per heavy atom. The molecule has 0 heterocycles. The summed E-state index contributed by atoms with van der Waals surface area (Å²) in [6.07, 6.45) is 0.234. The van der Waals surface area contributed by atoms with E-state index >= 15 is 0 Å². The van der Waals surface area contributed by atoms with E-state index in [0.717, 1.165) is 0 Å². The molecule has 20 heavy (non-hydrogen) atoms. The van der Waals surface area contributed by atoms with E-state index in [1.165, 1.54) is 7.11 Å². The first-order chi connectivity index (χ1) is 9.43. The Labute approximate surface area is 127 Å². The van der Waals surface area contributed by atoms with Crippen molar-refractivity contribution in [1.82, 2.24) is 4.90 Å². The number of carbonyl (C=O) groups excluding carboxylic acids is 2. The van der Waals surface area contributed by atoms with Crippen LogP contribution < -0.4 is 5.32 Å². The second-order valence-corrected chi connectivity index (χ2v) is 5.00. The average molecular weight is 319 g/mol. The number of amides is 1. The number of nitrogens with zero attached hydrogens (tertiary/aromatic N) is 1. The lowest BCUT2D eigenvalue weighted by Crippen LogP contribution is -2.32. The zero-order valence-electron chi connectivity index (χ0n) is 11.3. The van der Waals surface area contributed by atoms with Crippen molar-refractivity contribution in [3.05, 3.63) is 28.2 Å². The highest BCUT2D eigenvalue weighted by molar-refractivity contribution is 6.43. The third-order valence-corrected chi connectivity index (χ3v) is 3.38. The fraction of sp³-hybridized carbons (Fsp3) is 0.385. The van der Waals surface area contributed by atoms with Gasteiger partial charge in [0.1, 0.15) is 0 Å².